The number of thiophene rings is 1. The predicted molar refractivity (Wildman–Crippen MR) is 106 cm³/mol. The average molecular weight is 380 g/mol. The van der Waals surface area contributed by atoms with Gasteiger partial charge in [-0.25, -0.2) is 4.39 Å². The molecule has 0 fully saturated rings. The van der Waals surface area contributed by atoms with E-state index < -0.39 is 5.82 Å². The maximum Gasteiger partial charge on any atom is 0.251 e. The van der Waals surface area contributed by atoms with E-state index in [4.69, 9.17) is 0 Å². The summed E-state index contributed by atoms with van der Waals surface area (Å²) >= 11 is 1.66. The van der Waals surface area contributed by atoms with E-state index in [1.54, 1.807) is 23.5 Å². The van der Waals surface area contributed by atoms with Gasteiger partial charge in [0.1, 0.15) is 5.82 Å². The molecular formula is C22H21FN2OS. The molecule has 1 unspecified atom stereocenters. The Morgan fingerprint density at radius 2 is 2.00 bits per heavy atom. The molecule has 1 N–H and O–H groups in total. The molecule has 27 heavy (non-hydrogen) atoms. The smallest absolute Gasteiger partial charge is 0.251 e. The van der Waals surface area contributed by atoms with Gasteiger partial charge in [-0.15, -0.1) is 0 Å². The normalized spacial score (nSPS) is 15.1. The minimum Gasteiger partial charge on any atom is -0.350 e. The maximum absolute atomic E-state index is 13.4. The molecule has 3 nitrogen and oxygen atoms in total. The van der Waals surface area contributed by atoms with Gasteiger partial charge in [0.05, 0.1) is 6.04 Å². The maximum atomic E-state index is 13.4. The third kappa shape index (κ3) is 4.10. The summed E-state index contributed by atoms with van der Waals surface area (Å²) in [7, 11) is 0. The zero-order valence-electron chi connectivity index (χ0n) is 14.9. The van der Waals surface area contributed by atoms with Crippen LogP contribution in [0.2, 0.25) is 0 Å². The third-order valence-corrected chi connectivity index (χ3v) is 5.77. The van der Waals surface area contributed by atoms with Gasteiger partial charge < -0.3 is 5.32 Å². The molecule has 0 radical (unpaired) electrons. The highest BCUT2D eigenvalue weighted by molar-refractivity contribution is 7.07. The van der Waals surface area contributed by atoms with Crippen molar-refractivity contribution in [2.75, 3.05) is 13.1 Å². The molecule has 0 aliphatic carbocycles. The fraction of sp³-hybridized carbons (Fsp3) is 0.227. The number of nitrogens with one attached hydrogen (secondary N) is 1. The Balaban J connectivity index is 1.50. The lowest BCUT2D eigenvalue weighted by Gasteiger charge is -2.35. The molecule has 1 aliphatic heterocycles. The highest BCUT2D eigenvalue weighted by Gasteiger charge is 2.25. The molecule has 138 valence electrons. The number of nitrogens with zero attached hydrogens (tertiary/aromatic N) is 1. The SMILES string of the molecule is O=C(NCC(c1ccsc1)N1CCc2ccccc2C1)c1cccc(F)c1. The summed E-state index contributed by atoms with van der Waals surface area (Å²) < 4.78 is 13.4. The molecule has 1 aliphatic rings. The van der Waals surface area contributed by atoms with Crippen molar-refractivity contribution in [2.24, 2.45) is 0 Å². The van der Waals surface area contributed by atoms with Crippen LogP contribution in [-0.2, 0) is 13.0 Å². The summed E-state index contributed by atoms with van der Waals surface area (Å²) in [5.74, 6) is -0.642. The van der Waals surface area contributed by atoms with E-state index >= 15 is 0 Å². The van der Waals surface area contributed by atoms with Crippen LogP contribution in [-0.4, -0.2) is 23.9 Å². The lowest BCUT2D eigenvalue weighted by molar-refractivity contribution is 0.0927. The van der Waals surface area contributed by atoms with Crippen LogP contribution < -0.4 is 5.32 Å². The van der Waals surface area contributed by atoms with Crippen LogP contribution in [0, 0.1) is 5.82 Å². The molecule has 0 bridgehead atoms. The first-order valence-electron chi connectivity index (χ1n) is 9.07. The number of amides is 1. The highest BCUT2D eigenvalue weighted by atomic mass is 32.1. The molecule has 1 amide bonds. The van der Waals surface area contributed by atoms with Crippen molar-refractivity contribution in [1.82, 2.24) is 10.2 Å². The number of carbonyl (C=O) groups is 1. The lowest BCUT2D eigenvalue weighted by Crippen LogP contribution is -2.40. The molecule has 0 spiro atoms. The molecule has 1 atom stereocenters. The Hall–Kier alpha value is -2.50. The minimum absolute atomic E-state index is 0.0992. The average Bonchev–Trinajstić information content (AvgIpc) is 3.22. The Morgan fingerprint density at radius 1 is 1.15 bits per heavy atom. The Kier molecular flexibility index (Phi) is 5.32. The van der Waals surface area contributed by atoms with Crippen molar-refractivity contribution in [1.29, 1.82) is 0 Å². The second kappa shape index (κ2) is 8.03. The first-order valence-corrected chi connectivity index (χ1v) is 10.0. The number of carbonyl (C=O) groups excluding carboxylic acids is 1. The standard InChI is InChI=1S/C22H21FN2OS/c23-20-7-3-6-17(12-20)22(26)24-13-21(19-9-11-27-15-19)25-10-8-16-4-1-2-5-18(16)14-25/h1-7,9,11-12,15,21H,8,10,13-14H2,(H,24,26). The van der Waals surface area contributed by atoms with E-state index in [0.717, 1.165) is 19.5 Å². The number of hydrogen-bond acceptors (Lipinski definition) is 3. The van der Waals surface area contributed by atoms with Crippen LogP contribution in [0.15, 0.2) is 65.4 Å². The van der Waals surface area contributed by atoms with Crippen molar-refractivity contribution < 1.29 is 9.18 Å². The summed E-state index contributed by atoms with van der Waals surface area (Å²) in [6, 6.07) is 16.6. The highest BCUT2D eigenvalue weighted by Crippen LogP contribution is 2.28. The summed E-state index contributed by atoms with van der Waals surface area (Å²) in [6.45, 7) is 2.31. The second-order valence-corrected chi connectivity index (χ2v) is 7.56. The topological polar surface area (TPSA) is 32.3 Å². The van der Waals surface area contributed by atoms with Crippen LogP contribution in [0.1, 0.15) is 33.1 Å². The largest absolute Gasteiger partial charge is 0.350 e. The summed E-state index contributed by atoms with van der Waals surface area (Å²) in [6.07, 6.45) is 1.01. The van der Waals surface area contributed by atoms with Gasteiger partial charge in [0.15, 0.2) is 0 Å². The van der Waals surface area contributed by atoms with E-state index in [9.17, 15) is 9.18 Å². The van der Waals surface area contributed by atoms with Gasteiger partial charge in [-0.1, -0.05) is 30.3 Å². The van der Waals surface area contributed by atoms with Gasteiger partial charge in [-0.2, -0.15) is 11.3 Å². The fourth-order valence-corrected chi connectivity index (χ4v) is 4.33. The third-order valence-electron chi connectivity index (χ3n) is 5.07. The summed E-state index contributed by atoms with van der Waals surface area (Å²) in [4.78, 5) is 14.9. The molecule has 1 aromatic heterocycles. The molecule has 4 rings (SSSR count). The van der Waals surface area contributed by atoms with Crippen molar-refractivity contribution in [3.05, 3.63) is 93.4 Å². The van der Waals surface area contributed by atoms with E-state index in [2.05, 4.69) is 51.3 Å². The van der Waals surface area contributed by atoms with Gasteiger partial charge in [0.25, 0.3) is 5.91 Å². The molecule has 2 heterocycles. The van der Waals surface area contributed by atoms with Crippen molar-refractivity contribution >= 4 is 17.2 Å². The molecule has 3 aromatic rings. The van der Waals surface area contributed by atoms with Crippen LogP contribution in [0.3, 0.4) is 0 Å². The van der Waals surface area contributed by atoms with E-state index in [-0.39, 0.29) is 11.9 Å². The zero-order chi connectivity index (χ0) is 18.6. The number of halogens is 1. The van der Waals surface area contributed by atoms with E-state index in [1.807, 2.05) is 0 Å². The zero-order valence-corrected chi connectivity index (χ0v) is 15.7. The van der Waals surface area contributed by atoms with Gasteiger partial charge in [0, 0.05) is 25.2 Å². The quantitative estimate of drug-likeness (QED) is 0.711. The Labute approximate surface area is 162 Å². The predicted octanol–water partition coefficient (Wildman–Crippen LogP) is 4.42. The van der Waals surface area contributed by atoms with Gasteiger partial charge in [-0.3, -0.25) is 9.69 Å². The van der Waals surface area contributed by atoms with Gasteiger partial charge in [0.2, 0.25) is 0 Å². The van der Waals surface area contributed by atoms with Crippen LogP contribution >= 0.6 is 11.3 Å². The van der Waals surface area contributed by atoms with Crippen LogP contribution in [0.5, 0.6) is 0 Å². The lowest BCUT2D eigenvalue weighted by atomic mass is 9.97. The molecule has 5 heteroatoms. The number of benzene rings is 2. The molecule has 0 saturated carbocycles. The van der Waals surface area contributed by atoms with Gasteiger partial charge in [-0.05, 0) is 58.1 Å². The Morgan fingerprint density at radius 3 is 2.78 bits per heavy atom. The molecule has 2 aromatic carbocycles. The Bertz CT molecular complexity index is 926. The van der Waals surface area contributed by atoms with Gasteiger partial charge >= 0.3 is 0 Å². The molecular weight excluding hydrogens is 359 g/mol. The van der Waals surface area contributed by atoms with E-state index in [0.29, 0.717) is 12.1 Å². The summed E-state index contributed by atoms with van der Waals surface area (Å²) in [5, 5.41) is 7.20. The first kappa shape index (κ1) is 17.9. The van der Waals surface area contributed by atoms with Crippen LogP contribution in [0.25, 0.3) is 0 Å². The summed E-state index contributed by atoms with van der Waals surface area (Å²) in [5.41, 5.74) is 4.31. The van der Waals surface area contributed by atoms with Crippen LogP contribution in [0.4, 0.5) is 4.39 Å². The second-order valence-electron chi connectivity index (χ2n) is 6.78. The number of fused-ring (bicyclic) bond motifs is 1. The number of rotatable bonds is 5. The van der Waals surface area contributed by atoms with Crippen molar-refractivity contribution in [2.45, 2.75) is 19.0 Å². The number of hydrogen-bond donors (Lipinski definition) is 1. The fourth-order valence-electron chi connectivity index (χ4n) is 3.63. The van der Waals surface area contributed by atoms with Crippen molar-refractivity contribution in [3.8, 4) is 0 Å². The van der Waals surface area contributed by atoms with E-state index in [1.165, 1.54) is 28.8 Å². The van der Waals surface area contributed by atoms with Crippen molar-refractivity contribution in [3.63, 3.8) is 0 Å². The molecule has 0 saturated heterocycles. The monoisotopic (exact) mass is 380 g/mol. The first-order chi connectivity index (χ1) is 13.2. The minimum atomic E-state index is -0.398.